The van der Waals surface area contributed by atoms with E-state index in [9.17, 15) is 4.79 Å². The first-order chi connectivity index (χ1) is 13.6. The van der Waals surface area contributed by atoms with Crippen molar-refractivity contribution in [3.8, 4) is 0 Å². The van der Waals surface area contributed by atoms with Gasteiger partial charge in [0.15, 0.2) is 5.96 Å². The number of amides is 1. The Morgan fingerprint density at radius 3 is 2.62 bits per heavy atom. The minimum absolute atomic E-state index is 0.0593. The highest BCUT2D eigenvalue weighted by Gasteiger charge is 2.18. The molecule has 1 rings (SSSR count). The predicted octanol–water partition coefficient (Wildman–Crippen LogP) is 3.29. The SMILES string of the molecule is CCCCC(CNC(=O)OC(C)(C)C)NC(=NC)NCc1nccn1CC(C)C. The van der Waals surface area contributed by atoms with Crippen LogP contribution in [0.3, 0.4) is 0 Å². The highest BCUT2D eigenvalue weighted by Crippen LogP contribution is 2.07. The number of aliphatic imine (C=N–C) groups is 1. The summed E-state index contributed by atoms with van der Waals surface area (Å²) < 4.78 is 7.49. The van der Waals surface area contributed by atoms with Gasteiger partial charge < -0.3 is 25.3 Å². The summed E-state index contributed by atoms with van der Waals surface area (Å²) >= 11 is 0. The van der Waals surface area contributed by atoms with Gasteiger partial charge in [-0.25, -0.2) is 9.78 Å². The zero-order valence-corrected chi connectivity index (χ0v) is 19.2. The molecule has 0 aliphatic carbocycles. The van der Waals surface area contributed by atoms with Crippen LogP contribution in [0.4, 0.5) is 4.79 Å². The van der Waals surface area contributed by atoms with Crippen molar-refractivity contribution in [1.82, 2.24) is 25.5 Å². The summed E-state index contributed by atoms with van der Waals surface area (Å²) in [6, 6.07) is 0.0593. The molecule has 166 valence electrons. The third-order valence-electron chi connectivity index (χ3n) is 4.14. The summed E-state index contributed by atoms with van der Waals surface area (Å²) in [5, 5.41) is 9.60. The molecule has 0 aliphatic heterocycles. The number of nitrogens with one attached hydrogen (secondary N) is 3. The second-order valence-electron chi connectivity index (χ2n) is 8.68. The molecule has 0 radical (unpaired) electrons. The number of rotatable bonds is 10. The van der Waals surface area contributed by atoms with Gasteiger partial charge in [-0.3, -0.25) is 4.99 Å². The van der Waals surface area contributed by atoms with Gasteiger partial charge in [-0.2, -0.15) is 0 Å². The van der Waals surface area contributed by atoms with Gasteiger partial charge in [0.25, 0.3) is 0 Å². The van der Waals surface area contributed by atoms with Crippen LogP contribution in [0.5, 0.6) is 0 Å². The number of unbranched alkanes of at least 4 members (excludes halogenated alkanes) is 1. The number of guanidine groups is 1. The highest BCUT2D eigenvalue weighted by molar-refractivity contribution is 5.80. The average Bonchev–Trinajstić information content (AvgIpc) is 3.05. The number of ether oxygens (including phenoxy) is 1. The fourth-order valence-electron chi connectivity index (χ4n) is 2.81. The molecule has 1 aromatic rings. The summed E-state index contributed by atoms with van der Waals surface area (Å²) in [5.74, 6) is 2.22. The standard InChI is InChI=1S/C21H40N6O2/c1-8-9-10-17(13-25-20(28)29-21(4,5)6)26-19(22-7)24-14-18-23-11-12-27(18)15-16(2)3/h11-12,16-17H,8-10,13-15H2,1-7H3,(H,25,28)(H2,22,24,26). The molecule has 0 aliphatic rings. The maximum absolute atomic E-state index is 12.0. The maximum Gasteiger partial charge on any atom is 0.407 e. The Morgan fingerprint density at radius 2 is 2.03 bits per heavy atom. The zero-order valence-electron chi connectivity index (χ0n) is 19.2. The number of imidazole rings is 1. The van der Waals surface area contributed by atoms with Crippen LogP contribution in [-0.4, -0.2) is 46.8 Å². The molecule has 8 nitrogen and oxygen atoms in total. The second kappa shape index (κ2) is 12.3. The lowest BCUT2D eigenvalue weighted by molar-refractivity contribution is 0.0523. The normalized spacial score (nSPS) is 13.3. The molecule has 1 unspecified atom stereocenters. The van der Waals surface area contributed by atoms with Gasteiger partial charge >= 0.3 is 6.09 Å². The van der Waals surface area contributed by atoms with E-state index in [1.54, 1.807) is 7.05 Å². The number of hydrogen-bond donors (Lipinski definition) is 3. The summed E-state index contributed by atoms with van der Waals surface area (Å²) in [4.78, 5) is 20.7. The Kier molecular flexibility index (Phi) is 10.5. The van der Waals surface area contributed by atoms with Crippen LogP contribution >= 0.6 is 0 Å². The quantitative estimate of drug-likeness (QED) is 0.408. The van der Waals surface area contributed by atoms with E-state index in [0.29, 0.717) is 25.0 Å². The Labute approximate surface area is 175 Å². The molecule has 29 heavy (non-hydrogen) atoms. The molecule has 0 fully saturated rings. The van der Waals surface area contributed by atoms with Crippen molar-refractivity contribution >= 4 is 12.1 Å². The third kappa shape index (κ3) is 10.8. The lowest BCUT2D eigenvalue weighted by Crippen LogP contribution is -2.49. The van der Waals surface area contributed by atoms with Crippen molar-refractivity contribution in [2.24, 2.45) is 10.9 Å². The lowest BCUT2D eigenvalue weighted by atomic mass is 10.1. The molecule has 0 bridgehead atoms. The topological polar surface area (TPSA) is 92.6 Å². The first-order valence-electron chi connectivity index (χ1n) is 10.6. The Balaban J connectivity index is 2.61. The molecule has 0 spiro atoms. The van der Waals surface area contributed by atoms with Crippen molar-refractivity contribution in [1.29, 1.82) is 0 Å². The molecule has 8 heteroatoms. The van der Waals surface area contributed by atoms with E-state index in [1.807, 2.05) is 33.2 Å². The van der Waals surface area contributed by atoms with E-state index in [1.165, 1.54) is 0 Å². The van der Waals surface area contributed by atoms with E-state index in [4.69, 9.17) is 4.74 Å². The number of hydrogen-bond acceptors (Lipinski definition) is 4. The van der Waals surface area contributed by atoms with Crippen LogP contribution < -0.4 is 16.0 Å². The van der Waals surface area contributed by atoms with E-state index in [2.05, 4.69) is 51.3 Å². The first kappa shape index (κ1) is 24.8. The first-order valence-corrected chi connectivity index (χ1v) is 10.6. The zero-order chi connectivity index (χ0) is 21.9. The van der Waals surface area contributed by atoms with Crippen LogP contribution in [-0.2, 0) is 17.8 Å². The summed E-state index contributed by atoms with van der Waals surface area (Å²) in [6.45, 7) is 14.1. The van der Waals surface area contributed by atoms with Gasteiger partial charge in [-0.15, -0.1) is 0 Å². The Morgan fingerprint density at radius 1 is 1.31 bits per heavy atom. The average molecular weight is 409 g/mol. The van der Waals surface area contributed by atoms with Crippen molar-refractivity contribution < 1.29 is 9.53 Å². The van der Waals surface area contributed by atoms with Crippen molar-refractivity contribution in [2.45, 2.75) is 85.5 Å². The fourth-order valence-corrected chi connectivity index (χ4v) is 2.81. The molecular formula is C21H40N6O2. The van der Waals surface area contributed by atoms with Crippen molar-refractivity contribution in [3.05, 3.63) is 18.2 Å². The highest BCUT2D eigenvalue weighted by atomic mass is 16.6. The van der Waals surface area contributed by atoms with Crippen molar-refractivity contribution in [3.63, 3.8) is 0 Å². The van der Waals surface area contributed by atoms with Crippen LogP contribution in [0.15, 0.2) is 17.4 Å². The second-order valence-corrected chi connectivity index (χ2v) is 8.68. The summed E-state index contributed by atoms with van der Waals surface area (Å²) in [5.41, 5.74) is -0.508. The molecule has 1 aromatic heterocycles. The molecule has 1 heterocycles. The van der Waals surface area contributed by atoms with Gasteiger partial charge in [0, 0.05) is 38.6 Å². The predicted molar refractivity (Wildman–Crippen MR) is 118 cm³/mol. The smallest absolute Gasteiger partial charge is 0.407 e. The van der Waals surface area contributed by atoms with Gasteiger partial charge in [-0.05, 0) is 33.1 Å². The largest absolute Gasteiger partial charge is 0.444 e. The number of nitrogens with zero attached hydrogens (tertiary/aromatic N) is 3. The molecule has 0 saturated heterocycles. The molecule has 0 aromatic carbocycles. The van der Waals surface area contributed by atoms with Gasteiger partial charge in [0.2, 0.25) is 0 Å². The Bertz CT molecular complexity index is 633. The van der Waals surface area contributed by atoms with Gasteiger partial charge in [0.1, 0.15) is 11.4 Å². The number of alkyl carbamates (subject to hydrolysis) is 1. The molecular weight excluding hydrogens is 368 g/mol. The van der Waals surface area contributed by atoms with Crippen LogP contribution in [0.2, 0.25) is 0 Å². The van der Waals surface area contributed by atoms with Crippen LogP contribution in [0.25, 0.3) is 0 Å². The monoisotopic (exact) mass is 408 g/mol. The van der Waals surface area contributed by atoms with Crippen LogP contribution in [0, 0.1) is 5.92 Å². The van der Waals surface area contributed by atoms with Crippen molar-refractivity contribution in [2.75, 3.05) is 13.6 Å². The van der Waals surface area contributed by atoms with E-state index < -0.39 is 11.7 Å². The molecule has 0 saturated carbocycles. The fraction of sp³-hybridized carbons (Fsp3) is 0.762. The summed E-state index contributed by atoms with van der Waals surface area (Å²) in [6.07, 6.45) is 6.49. The molecule has 1 amide bonds. The minimum atomic E-state index is -0.508. The van der Waals surface area contributed by atoms with E-state index in [0.717, 1.165) is 31.6 Å². The lowest BCUT2D eigenvalue weighted by Gasteiger charge is -2.24. The number of carbonyl (C=O) groups excluding carboxylic acids is 1. The Hall–Kier alpha value is -2.25. The molecule has 3 N–H and O–H groups in total. The van der Waals surface area contributed by atoms with E-state index >= 15 is 0 Å². The third-order valence-corrected chi connectivity index (χ3v) is 4.14. The van der Waals surface area contributed by atoms with Crippen LogP contribution in [0.1, 0.15) is 66.6 Å². The number of aromatic nitrogens is 2. The minimum Gasteiger partial charge on any atom is -0.444 e. The number of carbonyl (C=O) groups is 1. The molecule has 1 atom stereocenters. The van der Waals surface area contributed by atoms with E-state index in [-0.39, 0.29) is 6.04 Å². The summed E-state index contributed by atoms with van der Waals surface area (Å²) in [7, 11) is 1.74. The van der Waals surface area contributed by atoms with Gasteiger partial charge in [0.05, 0.1) is 6.54 Å². The van der Waals surface area contributed by atoms with Gasteiger partial charge in [-0.1, -0.05) is 33.6 Å². The maximum atomic E-state index is 12.0.